The van der Waals surface area contributed by atoms with Crippen LogP contribution in [0.4, 0.5) is 5.69 Å². The Morgan fingerprint density at radius 3 is 2.48 bits per heavy atom. The van der Waals surface area contributed by atoms with Crippen molar-refractivity contribution in [1.82, 2.24) is 9.88 Å². The molecule has 0 aliphatic rings. The molecule has 7 heteroatoms. The van der Waals surface area contributed by atoms with Crippen LogP contribution < -0.4 is 10.9 Å². The van der Waals surface area contributed by atoms with Crippen molar-refractivity contribution < 1.29 is 9.72 Å². The average molecular weight is 347 g/mol. The summed E-state index contributed by atoms with van der Waals surface area (Å²) in [5.41, 5.74) is 1.32. The van der Waals surface area contributed by atoms with E-state index < -0.39 is 4.92 Å². The van der Waals surface area contributed by atoms with Gasteiger partial charge >= 0.3 is 0 Å². The first kappa shape index (κ1) is 20.3. The molecular formula is C18H25N3O4. The van der Waals surface area contributed by atoms with Crippen molar-refractivity contribution in [2.45, 2.75) is 46.6 Å². The predicted molar refractivity (Wildman–Crippen MR) is 98.9 cm³/mol. The second-order valence-corrected chi connectivity index (χ2v) is 5.65. The van der Waals surface area contributed by atoms with E-state index in [1.54, 1.807) is 30.7 Å². The summed E-state index contributed by atoms with van der Waals surface area (Å²) in [5, 5.41) is 14.0. The van der Waals surface area contributed by atoms with Gasteiger partial charge in [0.2, 0.25) is 5.91 Å². The zero-order valence-electron chi connectivity index (χ0n) is 15.2. The fraction of sp³-hybridized carbons (Fsp3) is 0.444. The lowest BCUT2D eigenvalue weighted by Gasteiger charge is -2.08. The van der Waals surface area contributed by atoms with Crippen LogP contribution in [0.15, 0.2) is 29.1 Å². The lowest BCUT2D eigenvalue weighted by molar-refractivity contribution is -0.384. The van der Waals surface area contributed by atoms with Crippen molar-refractivity contribution in [2.75, 3.05) is 7.05 Å². The van der Waals surface area contributed by atoms with Gasteiger partial charge < -0.3 is 9.88 Å². The average Bonchev–Trinajstić information content (AvgIpc) is 2.60. The molecule has 2 aromatic rings. The molecule has 1 amide bonds. The summed E-state index contributed by atoms with van der Waals surface area (Å²) in [6.45, 7) is 6.21. The SMILES string of the molecule is CCCCC(=O)NC.CCn1c(=O)c(C)cc2cc([N+](=O)[O-])ccc21. The van der Waals surface area contributed by atoms with Crippen LogP contribution in [0.2, 0.25) is 0 Å². The van der Waals surface area contributed by atoms with Crippen LogP contribution in [0, 0.1) is 17.0 Å². The quantitative estimate of drug-likeness (QED) is 0.664. The van der Waals surface area contributed by atoms with Crippen LogP contribution in [0.1, 0.15) is 38.7 Å². The molecule has 0 saturated heterocycles. The Bertz CT molecular complexity index is 812. The Balaban J connectivity index is 0.000000333. The molecule has 1 N–H and O–H groups in total. The van der Waals surface area contributed by atoms with E-state index in [9.17, 15) is 19.7 Å². The maximum Gasteiger partial charge on any atom is 0.270 e. The lowest BCUT2D eigenvalue weighted by Crippen LogP contribution is -2.21. The summed E-state index contributed by atoms with van der Waals surface area (Å²) < 4.78 is 1.62. The molecular weight excluding hydrogens is 322 g/mol. The minimum absolute atomic E-state index is 0.0400. The summed E-state index contributed by atoms with van der Waals surface area (Å²) >= 11 is 0. The third-order valence-corrected chi connectivity index (χ3v) is 3.82. The molecule has 0 unspecified atom stereocenters. The van der Waals surface area contributed by atoms with Gasteiger partial charge in [-0.2, -0.15) is 0 Å². The standard InChI is InChI=1S/C12H12N2O3.C6H13NO/c1-3-13-11-5-4-10(14(16)17)7-9(11)6-8(2)12(13)15;1-3-4-5-6(8)7-2/h4-7H,3H2,1-2H3;3-5H2,1-2H3,(H,7,8). The monoisotopic (exact) mass is 347 g/mol. The van der Waals surface area contributed by atoms with Gasteiger partial charge in [-0.25, -0.2) is 0 Å². The molecule has 1 heterocycles. The van der Waals surface area contributed by atoms with Crippen molar-refractivity contribution in [2.24, 2.45) is 0 Å². The van der Waals surface area contributed by atoms with Crippen molar-refractivity contribution in [3.63, 3.8) is 0 Å². The van der Waals surface area contributed by atoms with E-state index in [1.165, 1.54) is 12.1 Å². The first-order valence-corrected chi connectivity index (χ1v) is 8.34. The normalized spacial score (nSPS) is 10.1. The fourth-order valence-corrected chi connectivity index (χ4v) is 2.41. The highest BCUT2D eigenvalue weighted by molar-refractivity contribution is 5.82. The smallest absolute Gasteiger partial charge is 0.270 e. The Labute approximate surface area is 146 Å². The van der Waals surface area contributed by atoms with Gasteiger partial charge in [0.25, 0.3) is 11.2 Å². The van der Waals surface area contributed by atoms with Crippen molar-refractivity contribution in [3.8, 4) is 0 Å². The van der Waals surface area contributed by atoms with E-state index in [1.807, 2.05) is 6.92 Å². The maximum absolute atomic E-state index is 11.9. The number of aromatic nitrogens is 1. The zero-order valence-corrected chi connectivity index (χ0v) is 15.2. The van der Waals surface area contributed by atoms with Crippen molar-refractivity contribution in [1.29, 1.82) is 0 Å². The molecule has 0 fully saturated rings. The minimum Gasteiger partial charge on any atom is -0.359 e. The maximum atomic E-state index is 11.9. The highest BCUT2D eigenvalue weighted by atomic mass is 16.6. The molecule has 1 aromatic carbocycles. The molecule has 0 atom stereocenters. The van der Waals surface area contributed by atoms with E-state index in [0.717, 1.165) is 23.7 Å². The van der Waals surface area contributed by atoms with Crippen molar-refractivity contribution >= 4 is 22.5 Å². The van der Waals surface area contributed by atoms with Crippen LogP contribution in [0.3, 0.4) is 0 Å². The molecule has 0 aliphatic carbocycles. The Kier molecular flexibility index (Phi) is 7.78. The highest BCUT2D eigenvalue weighted by Crippen LogP contribution is 2.20. The molecule has 2 rings (SSSR count). The van der Waals surface area contributed by atoms with Gasteiger partial charge in [0, 0.05) is 43.1 Å². The number of nitro benzene ring substituents is 1. The predicted octanol–water partition coefficient (Wildman–Crippen LogP) is 3.16. The number of amides is 1. The number of nitrogens with zero attached hydrogens (tertiary/aromatic N) is 2. The van der Waals surface area contributed by atoms with Gasteiger partial charge in [0.05, 0.1) is 10.4 Å². The Hall–Kier alpha value is -2.70. The molecule has 0 saturated carbocycles. The molecule has 25 heavy (non-hydrogen) atoms. The third kappa shape index (κ3) is 5.41. The van der Waals surface area contributed by atoms with E-state index in [2.05, 4.69) is 12.2 Å². The van der Waals surface area contributed by atoms with E-state index in [4.69, 9.17) is 0 Å². The second-order valence-electron chi connectivity index (χ2n) is 5.65. The number of hydrogen-bond donors (Lipinski definition) is 1. The molecule has 0 radical (unpaired) electrons. The third-order valence-electron chi connectivity index (χ3n) is 3.82. The number of nitro groups is 1. The number of benzene rings is 1. The molecule has 7 nitrogen and oxygen atoms in total. The highest BCUT2D eigenvalue weighted by Gasteiger charge is 2.10. The number of non-ortho nitro benzene ring substituents is 1. The Morgan fingerprint density at radius 1 is 1.28 bits per heavy atom. The van der Waals surface area contributed by atoms with Gasteiger partial charge in [0.1, 0.15) is 0 Å². The van der Waals surface area contributed by atoms with Crippen LogP contribution in [-0.2, 0) is 11.3 Å². The number of carbonyl (C=O) groups is 1. The van der Waals surface area contributed by atoms with Gasteiger partial charge in [-0.1, -0.05) is 13.3 Å². The molecule has 0 bridgehead atoms. The fourth-order valence-electron chi connectivity index (χ4n) is 2.41. The van der Waals surface area contributed by atoms with Crippen LogP contribution in [0.5, 0.6) is 0 Å². The number of pyridine rings is 1. The number of rotatable bonds is 5. The molecule has 1 aromatic heterocycles. The topological polar surface area (TPSA) is 94.2 Å². The number of carbonyl (C=O) groups excluding carboxylic acids is 1. The van der Waals surface area contributed by atoms with E-state index in [0.29, 0.717) is 18.5 Å². The first-order valence-electron chi connectivity index (χ1n) is 8.34. The molecule has 0 spiro atoms. The van der Waals surface area contributed by atoms with Crippen LogP contribution in [0.25, 0.3) is 10.9 Å². The zero-order chi connectivity index (χ0) is 19.0. The minimum atomic E-state index is -0.434. The summed E-state index contributed by atoms with van der Waals surface area (Å²) in [4.78, 5) is 32.6. The van der Waals surface area contributed by atoms with Gasteiger partial charge in [-0.05, 0) is 32.4 Å². The van der Waals surface area contributed by atoms with Gasteiger partial charge in [0.15, 0.2) is 0 Å². The van der Waals surface area contributed by atoms with Crippen molar-refractivity contribution in [3.05, 3.63) is 50.3 Å². The molecule has 0 aliphatic heterocycles. The number of fused-ring (bicyclic) bond motifs is 1. The number of nitrogens with one attached hydrogen (secondary N) is 1. The number of hydrogen-bond acceptors (Lipinski definition) is 4. The van der Waals surface area contributed by atoms with E-state index in [-0.39, 0.29) is 17.2 Å². The first-order chi connectivity index (χ1) is 11.8. The largest absolute Gasteiger partial charge is 0.359 e. The number of unbranched alkanes of at least 4 members (excludes halogenated alkanes) is 1. The van der Waals surface area contributed by atoms with Gasteiger partial charge in [-0.3, -0.25) is 19.7 Å². The number of aryl methyl sites for hydroxylation is 2. The van der Waals surface area contributed by atoms with Gasteiger partial charge in [-0.15, -0.1) is 0 Å². The summed E-state index contributed by atoms with van der Waals surface area (Å²) in [6, 6.07) is 6.23. The summed E-state index contributed by atoms with van der Waals surface area (Å²) in [6.07, 6.45) is 2.76. The summed E-state index contributed by atoms with van der Waals surface area (Å²) in [5.74, 6) is 0.145. The lowest BCUT2D eigenvalue weighted by atomic mass is 10.1. The Morgan fingerprint density at radius 2 is 1.96 bits per heavy atom. The molecule has 136 valence electrons. The van der Waals surface area contributed by atoms with Crippen LogP contribution in [-0.4, -0.2) is 22.4 Å². The second kappa shape index (κ2) is 9.56. The van der Waals surface area contributed by atoms with Crippen LogP contribution >= 0.6 is 0 Å². The van der Waals surface area contributed by atoms with E-state index >= 15 is 0 Å². The summed E-state index contributed by atoms with van der Waals surface area (Å²) in [7, 11) is 1.66.